The van der Waals surface area contributed by atoms with Crippen LogP contribution in [0.1, 0.15) is 17.0 Å². The van der Waals surface area contributed by atoms with E-state index in [1.54, 1.807) is 7.05 Å². The number of rotatable bonds is 2. The molecule has 0 unspecified atom stereocenters. The number of benzene rings is 1. The molecule has 0 radical (unpaired) electrons. The minimum atomic E-state index is -4.78. The number of aromatic amines is 1. The summed E-state index contributed by atoms with van der Waals surface area (Å²) in [4.78, 5) is 18.5. The number of aromatic nitrogens is 4. The van der Waals surface area contributed by atoms with Gasteiger partial charge in [0.05, 0.1) is 11.8 Å². The van der Waals surface area contributed by atoms with E-state index in [1.807, 2.05) is 0 Å². The van der Waals surface area contributed by atoms with Crippen molar-refractivity contribution in [1.82, 2.24) is 19.7 Å². The standard InChI is InChI=1S/C15H10F4N4O/c1-23-13-9(7-20-23)14(24)22-12(21-13)5-3-8-2-4-11(16)10(6-8)15(17,18)19/h2-7H,1H3,(H,21,22,24). The van der Waals surface area contributed by atoms with Gasteiger partial charge in [0.1, 0.15) is 17.0 Å². The first-order chi connectivity index (χ1) is 11.3. The molecule has 3 aromatic rings. The van der Waals surface area contributed by atoms with Crippen LogP contribution in [0.2, 0.25) is 0 Å². The molecule has 0 atom stereocenters. The van der Waals surface area contributed by atoms with E-state index in [0.29, 0.717) is 17.1 Å². The second-order valence-electron chi connectivity index (χ2n) is 5.03. The highest BCUT2D eigenvalue weighted by Gasteiger charge is 2.33. The monoisotopic (exact) mass is 338 g/mol. The van der Waals surface area contributed by atoms with Gasteiger partial charge in [-0.1, -0.05) is 12.1 Å². The van der Waals surface area contributed by atoms with E-state index in [-0.39, 0.29) is 11.4 Å². The number of hydrogen-bond donors (Lipinski definition) is 1. The fourth-order valence-corrected chi connectivity index (χ4v) is 2.17. The van der Waals surface area contributed by atoms with Crippen LogP contribution in [-0.4, -0.2) is 19.7 Å². The van der Waals surface area contributed by atoms with E-state index in [0.717, 1.165) is 6.07 Å². The molecule has 2 heterocycles. The van der Waals surface area contributed by atoms with Gasteiger partial charge in [0, 0.05) is 7.05 Å². The van der Waals surface area contributed by atoms with Gasteiger partial charge in [0.15, 0.2) is 5.65 Å². The van der Waals surface area contributed by atoms with Crippen LogP contribution >= 0.6 is 0 Å². The van der Waals surface area contributed by atoms with Crippen molar-refractivity contribution in [3.63, 3.8) is 0 Å². The van der Waals surface area contributed by atoms with Crippen molar-refractivity contribution in [3.05, 3.63) is 57.5 Å². The number of halogens is 4. The lowest BCUT2D eigenvalue weighted by Crippen LogP contribution is -2.09. The highest BCUT2D eigenvalue weighted by molar-refractivity contribution is 5.75. The molecule has 0 spiro atoms. The second-order valence-corrected chi connectivity index (χ2v) is 5.03. The van der Waals surface area contributed by atoms with Gasteiger partial charge in [-0.25, -0.2) is 9.37 Å². The summed E-state index contributed by atoms with van der Waals surface area (Å²) in [5.74, 6) is -1.20. The van der Waals surface area contributed by atoms with E-state index < -0.39 is 23.1 Å². The maximum absolute atomic E-state index is 13.3. The first-order valence-corrected chi connectivity index (χ1v) is 6.72. The Balaban J connectivity index is 2.00. The lowest BCUT2D eigenvalue weighted by atomic mass is 10.1. The van der Waals surface area contributed by atoms with Gasteiger partial charge in [-0.05, 0) is 23.8 Å². The van der Waals surface area contributed by atoms with Crippen LogP contribution in [0.15, 0.2) is 29.2 Å². The summed E-state index contributed by atoms with van der Waals surface area (Å²) in [5.41, 5.74) is -1.30. The number of nitrogens with zero attached hydrogens (tertiary/aromatic N) is 3. The molecular weight excluding hydrogens is 328 g/mol. The summed E-state index contributed by atoms with van der Waals surface area (Å²) in [7, 11) is 1.61. The Hall–Kier alpha value is -2.97. The smallest absolute Gasteiger partial charge is 0.306 e. The SMILES string of the molecule is Cn1ncc2c(=O)[nH]c(C=Cc3ccc(F)c(C(F)(F)F)c3)nc21. The van der Waals surface area contributed by atoms with Crippen LogP contribution in [0.25, 0.3) is 23.2 Å². The largest absolute Gasteiger partial charge is 0.419 e. The lowest BCUT2D eigenvalue weighted by molar-refractivity contribution is -0.140. The quantitative estimate of drug-likeness (QED) is 0.731. The Morgan fingerprint density at radius 3 is 2.71 bits per heavy atom. The minimum absolute atomic E-state index is 0.122. The number of H-pyrrole nitrogens is 1. The molecule has 2 aromatic heterocycles. The van der Waals surface area contributed by atoms with Crippen molar-refractivity contribution < 1.29 is 17.6 Å². The van der Waals surface area contributed by atoms with Crippen LogP contribution in [0.4, 0.5) is 17.6 Å². The van der Waals surface area contributed by atoms with Gasteiger partial charge in [-0.3, -0.25) is 9.48 Å². The third kappa shape index (κ3) is 2.92. The van der Waals surface area contributed by atoms with Gasteiger partial charge < -0.3 is 4.98 Å². The van der Waals surface area contributed by atoms with Crippen molar-refractivity contribution in [1.29, 1.82) is 0 Å². The molecule has 0 amide bonds. The van der Waals surface area contributed by atoms with Crippen molar-refractivity contribution >= 4 is 23.2 Å². The van der Waals surface area contributed by atoms with Crippen LogP contribution < -0.4 is 5.56 Å². The number of alkyl halides is 3. The summed E-state index contributed by atoms with van der Waals surface area (Å²) < 4.78 is 52.7. The Morgan fingerprint density at radius 1 is 1.25 bits per heavy atom. The summed E-state index contributed by atoms with van der Waals surface area (Å²) in [6.45, 7) is 0. The van der Waals surface area contributed by atoms with Gasteiger partial charge in [-0.15, -0.1) is 0 Å². The predicted molar refractivity (Wildman–Crippen MR) is 79.5 cm³/mol. The predicted octanol–water partition coefficient (Wildman–Crippen LogP) is 2.98. The second kappa shape index (κ2) is 5.59. The average Bonchev–Trinajstić information content (AvgIpc) is 2.87. The van der Waals surface area contributed by atoms with Crippen LogP contribution in [0.3, 0.4) is 0 Å². The normalized spacial score (nSPS) is 12.4. The maximum atomic E-state index is 13.3. The molecular formula is C15H10F4N4O. The van der Waals surface area contributed by atoms with E-state index in [1.165, 1.54) is 29.1 Å². The Labute approximate surface area is 132 Å². The fraction of sp³-hybridized carbons (Fsp3) is 0.133. The van der Waals surface area contributed by atoms with E-state index >= 15 is 0 Å². The highest BCUT2D eigenvalue weighted by atomic mass is 19.4. The van der Waals surface area contributed by atoms with Crippen molar-refractivity contribution in [2.24, 2.45) is 7.05 Å². The molecule has 1 N–H and O–H groups in total. The number of aryl methyl sites for hydroxylation is 1. The first-order valence-electron chi connectivity index (χ1n) is 6.72. The molecule has 1 aromatic carbocycles. The van der Waals surface area contributed by atoms with Crippen LogP contribution in [-0.2, 0) is 13.2 Å². The molecule has 0 aliphatic rings. The molecule has 0 saturated heterocycles. The molecule has 3 rings (SSSR count). The van der Waals surface area contributed by atoms with E-state index in [9.17, 15) is 22.4 Å². The summed E-state index contributed by atoms with van der Waals surface area (Å²) >= 11 is 0. The average molecular weight is 338 g/mol. The minimum Gasteiger partial charge on any atom is -0.306 e. The van der Waals surface area contributed by atoms with Gasteiger partial charge in [0.2, 0.25) is 0 Å². The fourth-order valence-electron chi connectivity index (χ4n) is 2.17. The molecule has 0 fully saturated rings. The number of fused-ring (bicyclic) bond motifs is 1. The molecule has 5 nitrogen and oxygen atoms in total. The van der Waals surface area contributed by atoms with Crippen molar-refractivity contribution in [2.75, 3.05) is 0 Å². The van der Waals surface area contributed by atoms with Gasteiger partial charge in [-0.2, -0.15) is 18.3 Å². The Kier molecular flexibility index (Phi) is 3.70. The zero-order chi connectivity index (χ0) is 17.5. The van der Waals surface area contributed by atoms with E-state index in [2.05, 4.69) is 15.1 Å². The molecule has 0 bridgehead atoms. The molecule has 9 heteroatoms. The Bertz CT molecular complexity index is 1000. The molecule has 24 heavy (non-hydrogen) atoms. The van der Waals surface area contributed by atoms with Gasteiger partial charge >= 0.3 is 6.18 Å². The lowest BCUT2D eigenvalue weighted by Gasteiger charge is -2.08. The third-order valence-corrected chi connectivity index (χ3v) is 3.35. The van der Waals surface area contributed by atoms with E-state index in [4.69, 9.17) is 0 Å². The maximum Gasteiger partial charge on any atom is 0.419 e. The number of nitrogens with one attached hydrogen (secondary N) is 1. The molecule has 124 valence electrons. The van der Waals surface area contributed by atoms with Crippen molar-refractivity contribution in [3.8, 4) is 0 Å². The van der Waals surface area contributed by atoms with Crippen LogP contribution in [0, 0.1) is 5.82 Å². The highest BCUT2D eigenvalue weighted by Crippen LogP contribution is 2.32. The zero-order valence-electron chi connectivity index (χ0n) is 12.2. The van der Waals surface area contributed by atoms with Crippen molar-refractivity contribution in [2.45, 2.75) is 6.18 Å². The Morgan fingerprint density at radius 2 is 2.00 bits per heavy atom. The summed E-state index contributed by atoms with van der Waals surface area (Å²) in [5, 5.41) is 4.21. The molecule has 0 aliphatic heterocycles. The van der Waals surface area contributed by atoms with Crippen LogP contribution in [0.5, 0.6) is 0 Å². The summed E-state index contributed by atoms with van der Waals surface area (Å²) in [6.07, 6.45) is -0.783. The molecule has 0 aliphatic carbocycles. The topological polar surface area (TPSA) is 63.6 Å². The van der Waals surface area contributed by atoms with Gasteiger partial charge in [0.25, 0.3) is 5.56 Å². The summed E-state index contributed by atoms with van der Waals surface area (Å²) in [6, 6.07) is 2.62. The zero-order valence-corrected chi connectivity index (χ0v) is 12.2. The third-order valence-electron chi connectivity index (χ3n) is 3.35. The molecule has 0 saturated carbocycles. The first kappa shape index (κ1) is 15.9. The number of hydrogen-bond acceptors (Lipinski definition) is 3.